The molecule has 0 aliphatic rings. The molecule has 0 unspecified atom stereocenters. The number of aromatic nitrogens is 4. The molecule has 51 heavy (non-hydrogen) atoms. The van der Waals surface area contributed by atoms with E-state index in [1.54, 1.807) is 11.3 Å². The highest BCUT2D eigenvalue weighted by molar-refractivity contribution is 7.18. The van der Waals surface area contributed by atoms with Gasteiger partial charge in [-0.25, -0.2) is 15.0 Å². The summed E-state index contributed by atoms with van der Waals surface area (Å²) in [5.74, 6) is 0.679. The average Bonchev–Trinajstić information content (AvgIpc) is 3.97. The second-order valence-corrected chi connectivity index (χ2v) is 14.1. The minimum absolute atomic E-state index is 0.679. The Morgan fingerprint density at radius 3 is 2.25 bits per heavy atom. The third kappa shape index (κ3) is 3.71. The molecule has 5 nitrogen and oxygen atoms in total. The first-order chi connectivity index (χ1) is 25.3. The van der Waals surface area contributed by atoms with E-state index in [0.717, 1.165) is 66.3 Å². The summed E-state index contributed by atoms with van der Waals surface area (Å²) >= 11 is 1.72. The summed E-state index contributed by atoms with van der Waals surface area (Å²) in [6.07, 6.45) is 0. The van der Waals surface area contributed by atoms with Crippen molar-refractivity contribution in [1.29, 1.82) is 0 Å². The van der Waals surface area contributed by atoms with Gasteiger partial charge in [0.15, 0.2) is 5.82 Å². The van der Waals surface area contributed by atoms with Crippen LogP contribution in [0, 0.1) is 0 Å². The Morgan fingerprint density at radius 1 is 0.529 bits per heavy atom. The SMILES string of the molecule is c1cc(-c2ccc3c(c2)c2cc4ncsc4c4c5ccccc5n3c24)cc(-c2nc(-c3cccc4c3oc3ccccc34)c3ccccc3n2)c1. The number of nitrogens with zero attached hydrogens (tertiary/aromatic N) is 4. The molecule has 236 valence electrons. The summed E-state index contributed by atoms with van der Waals surface area (Å²) < 4.78 is 10.1. The highest BCUT2D eigenvalue weighted by atomic mass is 32.1. The minimum atomic E-state index is 0.679. The van der Waals surface area contributed by atoms with Crippen molar-refractivity contribution in [3.8, 4) is 33.8 Å². The fourth-order valence-electron chi connectivity index (χ4n) is 8.24. The second-order valence-electron chi connectivity index (χ2n) is 13.2. The van der Waals surface area contributed by atoms with Crippen LogP contribution in [0.25, 0.3) is 115 Å². The molecule has 12 rings (SSSR count). The Hall–Kier alpha value is -6.63. The molecule has 0 spiro atoms. The predicted octanol–water partition coefficient (Wildman–Crippen LogP) is 12.3. The van der Waals surface area contributed by atoms with Crippen molar-refractivity contribution in [2.24, 2.45) is 0 Å². The van der Waals surface area contributed by atoms with Crippen LogP contribution >= 0.6 is 11.3 Å². The molecule has 5 aromatic heterocycles. The van der Waals surface area contributed by atoms with E-state index in [2.05, 4.69) is 120 Å². The number of para-hydroxylation sites is 4. The number of thiazole rings is 1. The van der Waals surface area contributed by atoms with Crippen molar-refractivity contribution in [1.82, 2.24) is 19.4 Å². The second kappa shape index (κ2) is 9.97. The maximum Gasteiger partial charge on any atom is 0.160 e. The molecule has 7 aromatic carbocycles. The van der Waals surface area contributed by atoms with Gasteiger partial charge in [-0.3, -0.25) is 0 Å². The first-order valence-electron chi connectivity index (χ1n) is 17.0. The van der Waals surface area contributed by atoms with Crippen LogP contribution in [-0.2, 0) is 0 Å². The minimum Gasteiger partial charge on any atom is -0.455 e. The molecule has 0 aliphatic heterocycles. The summed E-state index contributed by atoms with van der Waals surface area (Å²) in [5.41, 5.74) is 14.3. The van der Waals surface area contributed by atoms with Crippen molar-refractivity contribution in [2.45, 2.75) is 0 Å². The zero-order valence-corrected chi connectivity index (χ0v) is 27.8. The van der Waals surface area contributed by atoms with Crippen molar-refractivity contribution in [2.75, 3.05) is 0 Å². The van der Waals surface area contributed by atoms with Crippen molar-refractivity contribution in [3.63, 3.8) is 0 Å². The van der Waals surface area contributed by atoms with Crippen LogP contribution in [0.4, 0.5) is 0 Å². The molecule has 6 heteroatoms. The Labute approximate surface area is 294 Å². The van der Waals surface area contributed by atoms with Gasteiger partial charge in [0.2, 0.25) is 0 Å². The van der Waals surface area contributed by atoms with E-state index in [0.29, 0.717) is 5.82 Å². The van der Waals surface area contributed by atoms with E-state index in [4.69, 9.17) is 19.4 Å². The van der Waals surface area contributed by atoms with Gasteiger partial charge in [0.05, 0.1) is 43.5 Å². The summed E-state index contributed by atoms with van der Waals surface area (Å²) in [6.45, 7) is 0. The molecular weight excluding hydrogens is 645 g/mol. The lowest BCUT2D eigenvalue weighted by molar-refractivity contribution is 0.670. The molecule has 0 N–H and O–H groups in total. The lowest BCUT2D eigenvalue weighted by Gasteiger charge is -2.11. The summed E-state index contributed by atoms with van der Waals surface area (Å²) in [7, 11) is 0. The highest BCUT2D eigenvalue weighted by Crippen LogP contribution is 2.45. The number of benzene rings is 7. The van der Waals surface area contributed by atoms with E-state index in [9.17, 15) is 0 Å². The molecule has 0 amide bonds. The Balaban J connectivity index is 1.05. The molecule has 0 fully saturated rings. The van der Waals surface area contributed by atoms with Crippen LogP contribution in [0.5, 0.6) is 0 Å². The lowest BCUT2D eigenvalue weighted by Crippen LogP contribution is -1.95. The molecule has 0 saturated heterocycles. The summed E-state index contributed by atoms with van der Waals surface area (Å²) in [6, 6.07) is 49.1. The van der Waals surface area contributed by atoms with Gasteiger partial charge in [0, 0.05) is 48.8 Å². The first kappa shape index (κ1) is 27.2. The zero-order valence-electron chi connectivity index (χ0n) is 27.0. The van der Waals surface area contributed by atoms with Crippen LogP contribution in [0.2, 0.25) is 0 Å². The van der Waals surface area contributed by atoms with Crippen LogP contribution in [0.1, 0.15) is 0 Å². The van der Waals surface area contributed by atoms with Crippen LogP contribution in [-0.4, -0.2) is 19.4 Å². The van der Waals surface area contributed by atoms with E-state index >= 15 is 0 Å². The molecule has 0 atom stereocenters. The zero-order chi connectivity index (χ0) is 33.2. The van der Waals surface area contributed by atoms with E-state index in [-0.39, 0.29) is 0 Å². The Morgan fingerprint density at radius 2 is 1.29 bits per heavy atom. The number of fused-ring (bicyclic) bond motifs is 12. The molecule has 5 heterocycles. The third-order valence-corrected chi connectivity index (χ3v) is 11.3. The lowest BCUT2D eigenvalue weighted by atomic mass is 9.99. The van der Waals surface area contributed by atoms with Gasteiger partial charge in [-0.05, 0) is 59.7 Å². The fraction of sp³-hybridized carbons (Fsp3) is 0. The quantitative estimate of drug-likeness (QED) is 0.188. The van der Waals surface area contributed by atoms with Crippen LogP contribution in [0.3, 0.4) is 0 Å². The topological polar surface area (TPSA) is 56.2 Å². The standard InChI is InChI=1S/C45H24N4OS/c1-4-16-35-30(12-1)41(32-15-8-14-29-28-11-3-6-18-39(28)50-43(29)32)48-45(47-35)27-10-7-9-25(21-27)26-19-20-38-33(22-26)34-23-36-44(51-24-46-36)40-31-13-2-5-17-37(31)49(38)42(34)40/h1-24H. The smallest absolute Gasteiger partial charge is 0.160 e. The predicted molar refractivity (Wildman–Crippen MR) is 211 cm³/mol. The molecule has 0 radical (unpaired) electrons. The molecular formula is C45H24N4OS. The monoisotopic (exact) mass is 668 g/mol. The molecule has 0 aliphatic carbocycles. The molecule has 0 saturated carbocycles. The number of rotatable bonds is 3. The van der Waals surface area contributed by atoms with Gasteiger partial charge in [-0.15, -0.1) is 11.3 Å². The van der Waals surface area contributed by atoms with Gasteiger partial charge in [-0.1, -0.05) is 91.0 Å². The van der Waals surface area contributed by atoms with Crippen molar-refractivity contribution < 1.29 is 4.42 Å². The first-order valence-corrected chi connectivity index (χ1v) is 17.9. The van der Waals surface area contributed by atoms with E-state index in [1.165, 1.54) is 42.8 Å². The number of hydrogen-bond donors (Lipinski definition) is 0. The van der Waals surface area contributed by atoms with Crippen LogP contribution < -0.4 is 0 Å². The highest BCUT2D eigenvalue weighted by Gasteiger charge is 2.22. The van der Waals surface area contributed by atoms with Gasteiger partial charge >= 0.3 is 0 Å². The average molecular weight is 669 g/mol. The summed E-state index contributed by atoms with van der Waals surface area (Å²) in [5, 5.41) is 8.20. The van der Waals surface area contributed by atoms with E-state index < -0.39 is 0 Å². The maximum atomic E-state index is 6.46. The Bertz CT molecular complexity index is 3390. The van der Waals surface area contributed by atoms with Crippen molar-refractivity contribution >= 4 is 92.5 Å². The van der Waals surface area contributed by atoms with Gasteiger partial charge < -0.3 is 8.82 Å². The van der Waals surface area contributed by atoms with Gasteiger partial charge in [0.1, 0.15) is 11.2 Å². The van der Waals surface area contributed by atoms with E-state index in [1.807, 2.05) is 29.8 Å². The van der Waals surface area contributed by atoms with Gasteiger partial charge in [-0.2, -0.15) is 0 Å². The third-order valence-electron chi connectivity index (χ3n) is 10.5. The maximum absolute atomic E-state index is 6.46. The van der Waals surface area contributed by atoms with Crippen LogP contribution in [0.15, 0.2) is 149 Å². The van der Waals surface area contributed by atoms with Crippen molar-refractivity contribution in [3.05, 3.63) is 145 Å². The summed E-state index contributed by atoms with van der Waals surface area (Å²) in [4.78, 5) is 15.1. The molecule has 0 bridgehead atoms. The normalized spacial score (nSPS) is 12.3. The molecule has 12 aromatic rings. The van der Waals surface area contributed by atoms with Gasteiger partial charge in [0.25, 0.3) is 0 Å². The Kier molecular flexibility index (Phi) is 5.32. The fourth-order valence-corrected chi connectivity index (χ4v) is 9.07. The number of furan rings is 1. The number of hydrogen-bond acceptors (Lipinski definition) is 5. The largest absolute Gasteiger partial charge is 0.455 e.